The first-order valence-electron chi connectivity index (χ1n) is 6.18. The lowest BCUT2D eigenvalue weighted by Gasteiger charge is -2.10. The van der Waals surface area contributed by atoms with Gasteiger partial charge in [0.1, 0.15) is 22.8 Å². The topological polar surface area (TPSA) is 79.4 Å². The Balaban J connectivity index is 2.41. The van der Waals surface area contributed by atoms with Crippen LogP contribution >= 0.6 is 0 Å². The number of aromatic nitrogens is 2. The minimum Gasteiger partial charge on any atom is -0.496 e. The van der Waals surface area contributed by atoms with Crippen LogP contribution in [0.1, 0.15) is 16.1 Å². The van der Waals surface area contributed by atoms with Gasteiger partial charge < -0.3 is 19.8 Å². The van der Waals surface area contributed by atoms with Crippen molar-refractivity contribution < 1.29 is 14.3 Å². The number of rotatable bonds is 6. The second-order valence-corrected chi connectivity index (χ2v) is 4.15. The first kappa shape index (κ1) is 14.1. The van der Waals surface area contributed by atoms with Gasteiger partial charge in [0.05, 0.1) is 20.5 Å². The largest absolute Gasteiger partial charge is 0.496 e. The molecule has 0 radical (unpaired) electrons. The van der Waals surface area contributed by atoms with Crippen molar-refractivity contribution in [2.45, 2.75) is 6.54 Å². The van der Waals surface area contributed by atoms with Crippen molar-refractivity contribution in [2.75, 3.05) is 20.8 Å². The Morgan fingerprint density at radius 2 is 1.95 bits per heavy atom. The molecule has 0 spiro atoms. The highest BCUT2D eigenvalue weighted by Crippen LogP contribution is 2.30. The van der Waals surface area contributed by atoms with Gasteiger partial charge in [0, 0.05) is 19.3 Å². The molecule has 2 aromatic rings. The van der Waals surface area contributed by atoms with Gasteiger partial charge in [-0.25, -0.2) is 4.98 Å². The van der Waals surface area contributed by atoms with E-state index >= 15 is 0 Å². The molecule has 1 aromatic carbocycles. The average molecular weight is 275 g/mol. The number of carbonyl (C=O) groups is 1. The zero-order chi connectivity index (χ0) is 14.5. The number of hydrogen-bond acceptors (Lipinski definition) is 5. The van der Waals surface area contributed by atoms with Crippen LogP contribution in [0.5, 0.6) is 11.5 Å². The van der Waals surface area contributed by atoms with Crippen molar-refractivity contribution in [2.24, 2.45) is 5.73 Å². The summed E-state index contributed by atoms with van der Waals surface area (Å²) in [5.41, 5.74) is 6.18. The van der Waals surface area contributed by atoms with Gasteiger partial charge in [-0.05, 0) is 12.1 Å². The van der Waals surface area contributed by atoms with Crippen LogP contribution in [0.3, 0.4) is 0 Å². The van der Waals surface area contributed by atoms with Gasteiger partial charge in [0.15, 0.2) is 0 Å². The molecule has 2 N–H and O–H groups in total. The lowest BCUT2D eigenvalue weighted by molar-refractivity contribution is 0.102. The molecule has 0 aliphatic rings. The van der Waals surface area contributed by atoms with Crippen molar-refractivity contribution in [3.05, 3.63) is 42.0 Å². The summed E-state index contributed by atoms with van der Waals surface area (Å²) in [5, 5.41) is 0. The van der Waals surface area contributed by atoms with Gasteiger partial charge in [-0.2, -0.15) is 0 Å². The maximum Gasteiger partial charge on any atom is 0.220 e. The average Bonchev–Trinajstić information content (AvgIpc) is 2.94. The molecule has 0 saturated heterocycles. The summed E-state index contributed by atoms with van der Waals surface area (Å²) in [7, 11) is 3.02. The molecule has 20 heavy (non-hydrogen) atoms. The molecule has 1 aromatic heterocycles. The van der Waals surface area contributed by atoms with Gasteiger partial charge in [0.2, 0.25) is 5.78 Å². The minimum absolute atomic E-state index is 0.241. The number of nitrogens with two attached hydrogens (primary N) is 1. The van der Waals surface area contributed by atoms with Gasteiger partial charge in [-0.3, -0.25) is 4.79 Å². The van der Waals surface area contributed by atoms with Crippen LogP contribution in [0.2, 0.25) is 0 Å². The summed E-state index contributed by atoms with van der Waals surface area (Å²) in [5.74, 6) is 0.681. The van der Waals surface area contributed by atoms with Crippen LogP contribution in [0.25, 0.3) is 0 Å². The van der Waals surface area contributed by atoms with Crippen LogP contribution in [0.15, 0.2) is 30.7 Å². The van der Waals surface area contributed by atoms with E-state index < -0.39 is 0 Å². The molecule has 0 unspecified atom stereocenters. The number of nitrogens with zero attached hydrogens (tertiary/aromatic N) is 2. The van der Waals surface area contributed by atoms with E-state index in [2.05, 4.69) is 4.98 Å². The highest BCUT2D eigenvalue weighted by molar-refractivity contribution is 6.11. The van der Waals surface area contributed by atoms with E-state index in [1.165, 1.54) is 14.2 Å². The summed E-state index contributed by atoms with van der Waals surface area (Å²) in [6.07, 6.45) is 3.25. The number of benzene rings is 1. The SMILES string of the molecule is COc1cccc(OC)c1C(=O)c1cn(CCN)cn1. The van der Waals surface area contributed by atoms with Crippen molar-refractivity contribution in [1.82, 2.24) is 9.55 Å². The zero-order valence-electron chi connectivity index (χ0n) is 11.5. The van der Waals surface area contributed by atoms with Crippen molar-refractivity contribution in [3.63, 3.8) is 0 Å². The lowest BCUT2D eigenvalue weighted by Crippen LogP contribution is -2.09. The predicted octanol–water partition coefficient (Wildman–Crippen LogP) is 1.09. The van der Waals surface area contributed by atoms with Gasteiger partial charge in [-0.1, -0.05) is 6.07 Å². The summed E-state index contributed by atoms with van der Waals surface area (Å²) in [6.45, 7) is 1.10. The van der Waals surface area contributed by atoms with Gasteiger partial charge in [0.25, 0.3) is 0 Å². The number of carbonyl (C=O) groups excluding carboxylic acids is 1. The quantitative estimate of drug-likeness (QED) is 0.798. The van der Waals surface area contributed by atoms with E-state index in [1.807, 2.05) is 0 Å². The number of ether oxygens (including phenoxy) is 2. The third-order valence-corrected chi connectivity index (χ3v) is 2.91. The molecule has 1 heterocycles. The molecule has 6 heteroatoms. The van der Waals surface area contributed by atoms with Crippen LogP contribution in [0, 0.1) is 0 Å². The second kappa shape index (κ2) is 6.21. The molecule has 0 bridgehead atoms. The summed E-state index contributed by atoms with van der Waals surface area (Å²) < 4.78 is 12.2. The molecule has 0 aliphatic heterocycles. The van der Waals surface area contributed by atoms with E-state index in [0.29, 0.717) is 35.8 Å². The molecule has 0 fully saturated rings. The highest BCUT2D eigenvalue weighted by atomic mass is 16.5. The molecule has 0 amide bonds. The Bertz CT molecular complexity index is 585. The lowest BCUT2D eigenvalue weighted by atomic mass is 10.1. The zero-order valence-corrected chi connectivity index (χ0v) is 11.5. The standard InChI is InChI=1S/C14H17N3O3/c1-19-11-4-3-5-12(20-2)13(11)14(18)10-8-17(7-6-15)9-16-10/h3-5,8-9H,6-7,15H2,1-2H3. The van der Waals surface area contributed by atoms with Crippen molar-refractivity contribution in [1.29, 1.82) is 0 Å². The number of ketones is 1. The van der Waals surface area contributed by atoms with Crippen LogP contribution in [-0.4, -0.2) is 36.1 Å². The maximum atomic E-state index is 12.6. The summed E-state index contributed by atoms with van der Waals surface area (Å²) >= 11 is 0. The Kier molecular flexibility index (Phi) is 4.37. The van der Waals surface area contributed by atoms with E-state index in [-0.39, 0.29) is 5.78 Å². The Morgan fingerprint density at radius 3 is 2.50 bits per heavy atom. The normalized spacial score (nSPS) is 10.3. The molecular weight excluding hydrogens is 258 g/mol. The number of imidazole rings is 1. The van der Waals surface area contributed by atoms with Crippen molar-refractivity contribution >= 4 is 5.78 Å². The number of hydrogen-bond donors (Lipinski definition) is 1. The molecule has 0 atom stereocenters. The van der Waals surface area contributed by atoms with Crippen molar-refractivity contribution in [3.8, 4) is 11.5 Å². The molecule has 106 valence electrons. The Hall–Kier alpha value is -2.34. The van der Waals surface area contributed by atoms with Crippen LogP contribution in [-0.2, 0) is 6.54 Å². The molecule has 2 rings (SSSR count). The predicted molar refractivity (Wildman–Crippen MR) is 74.3 cm³/mol. The first-order valence-corrected chi connectivity index (χ1v) is 6.18. The smallest absolute Gasteiger partial charge is 0.220 e. The molecule has 0 saturated carbocycles. The highest BCUT2D eigenvalue weighted by Gasteiger charge is 2.21. The van der Waals surface area contributed by atoms with Gasteiger partial charge in [-0.15, -0.1) is 0 Å². The summed E-state index contributed by atoms with van der Waals surface area (Å²) in [4.78, 5) is 16.7. The number of methoxy groups -OCH3 is 2. The maximum absolute atomic E-state index is 12.6. The summed E-state index contributed by atoms with van der Waals surface area (Å²) in [6, 6.07) is 5.20. The van der Waals surface area contributed by atoms with E-state index in [9.17, 15) is 4.79 Å². The van der Waals surface area contributed by atoms with Crippen LogP contribution in [0.4, 0.5) is 0 Å². The van der Waals surface area contributed by atoms with E-state index in [1.54, 1.807) is 35.3 Å². The van der Waals surface area contributed by atoms with E-state index in [0.717, 1.165) is 0 Å². The fourth-order valence-electron chi connectivity index (χ4n) is 1.95. The molecule has 6 nitrogen and oxygen atoms in total. The van der Waals surface area contributed by atoms with Gasteiger partial charge >= 0.3 is 0 Å². The second-order valence-electron chi connectivity index (χ2n) is 4.15. The third-order valence-electron chi connectivity index (χ3n) is 2.91. The van der Waals surface area contributed by atoms with Crippen LogP contribution < -0.4 is 15.2 Å². The Labute approximate surface area is 117 Å². The molecular formula is C14H17N3O3. The van der Waals surface area contributed by atoms with E-state index in [4.69, 9.17) is 15.2 Å². The fourth-order valence-corrected chi connectivity index (χ4v) is 1.95. The fraction of sp³-hybridized carbons (Fsp3) is 0.286. The third kappa shape index (κ3) is 2.65. The minimum atomic E-state index is -0.241. The monoisotopic (exact) mass is 275 g/mol. The first-order chi connectivity index (χ1) is 9.71. The molecule has 0 aliphatic carbocycles. The Morgan fingerprint density at radius 1 is 1.30 bits per heavy atom.